The zero-order valence-corrected chi connectivity index (χ0v) is 22.7. The van der Waals surface area contributed by atoms with Crippen molar-refractivity contribution in [1.82, 2.24) is 20.3 Å². The smallest absolute Gasteiger partial charge is 0.338 e. The number of carbonyl (C=O) groups is 2. The largest absolute Gasteiger partial charge is 0.481 e. The second-order valence-electron chi connectivity index (χ2n) is 9.81. The van der Waals surface area contributed by atoms with Crippen molar-refractivity contribution >= 4 is 29.1 Å². The molecule has 40 heavy (non-hydrogen) atoms. The average molecular weight is 568 g/mol. The van der Waals surface area contributed by atoms with Gasteiger partial charge in [-0.15, -0.1) is 11.3 Å². The van der Waals surface area contributed by atoms with Gasteiger partial charge < -0.3 is 15.2 Å². The number of hydrogen-bond acceptors (Lipinski definition) is 9. The third-order valence-corrected chi connectivity index (χ3v) is 8.15. The van der Waals surface area contributed by atoms with Crippen molar-refractivity contribution in [3.63, 3.8) is 0 Å². The minimum atomic E-state index is -0.984. The van der Waals surface area contributed by atoms with Crippen molar-refractivity contribution in [3.05, 3.63) is 86.5 Å². The van der Waals surface area contributed by atoms with Crippen molar-refractivity contribution < 1.29 is 28.2 Å². The quantitative estimate of drug-likeness (QED) is 0.396. The molecule has 0 radical (unpaired) electrons. The van der Waals surface area contributed by atoms with Gasteiger partial charge in [0.2, 0.25) is 0 Å². The summed E-state index contributed by atoms with van der Waals surface area (Å²) in [6.45, 7) is 1.47. The van der Waals surface area contributed by atoms with Gasteiger partial charge in [-0.05, 0) is 61.3 Å². The third-order valence-electron chi connectivity index (χ3n) is 7.37. The number of nitrogens with zero attached hydrogens (tertiary/aromatic N) is 4. The van der Waals surface area contributed by atoms with Crippen LogP contribution in [0.5, 0.6) is 0 Å². The number of carbonyl (C=O) groups excluding carboxylic acids is 1. The predicted octanol–water partition coefficient (Wildman–Crippen LogP) is 4.64. The van der Waals surface area contributed by atoms with Gasteiger partial charge in [0.25, 0.3) is 0 Å². The van der Waals surface area contributed by atoms with Gasteiger partial charge in [0.15, 0.2) is 22.5 Å². The number of aliphatic carboxylic acids is 1. The molecular formula is C28H27F2N5O4S. The molecule has 1 aliphatic heterocycles. The molecule has 1 atom stereocenters. The van der Waals surface area contributed by atoms with Crippen LogP contribution >= 0.6 is 11.3 Å². The normalized spacial score (nSPS) is 21.0. The fraction of sp³-hybridized carbons (Fsp3) is 0.357. The van der Waals surface area contributed by atoms with Crippen molar-refractivity contribution in [2.45, 2.75) is 51.0 Å². The molecule has 2 aromatic heterocycles. The lowest BCUT2D eigenvalue weighted by molar-refractivity contribution is -0.137. The molecule has 0 amide bonds. The molecule has 0 spiro atoms. The van der Waals surface area contributed by atoms with Crippen molar-refractivity contribution in [2.75, 3.05) is 7.11 Å². The summed E-state index contributed by atoms with van der Waals surface area (Å²) >= 11 is 1.37. The fourth-order valence-corrected chi connectivity index (χ4v) is 5.93. The van der Waals surface area contributed by atoms with E-state index in [1.54, 1.807) is 18.6 Å². The molecule has 1 saturated carbocycles. The van der Waals surface area contributed by atoms with Gasteiger partial charge in [-0.1, -0.05) is 6.07 Å². The van der Waals surface area contributed by atoms with Crippen LogP contribution in [-0.4, -0.2) is 44.9 Å². The van der Waals surface area contributed by atoms with Crippen LogP contribution in [0, 0.1) is 24.5 Å². The first kappa shape index (κ1) is 27.5. The lowest BCUT2D eigenvalue weighted by atomic mass is 9.77. The summed E-state index contributed by atoms with van der Waals surface area (Å²) in [5, 5.41) is 14.7. The third kappa shape index (κ3) is 5.48. The maximum atomic E-state index is 14.6. The molecule has 1 aromatic carbocycles. The monoisotopic (exact) mass is 567 g/mol. The summed E-state index contributed by atoms with van der Waals surface area (Å²) in [5.74, 6) is -2.38. The highest BCUT2D eigenvalue weighted by atomic mass is 32.1. The van der Waals surface area contributed by atoms with Gasteiger partial charge in [0.05, 0.1) is 19.1 Å². The number of aromatic nitrogens is 3. The predicted molar refractivity (Wildman–Crippen MR) is 143 cm³/mol. The number of thiazole rings is 1. The zero-order chi connectivity index (χ0) is 28.4. The highest BCUT2D eigenvalue weighted by molar-refractivity contribution is 7.11. The van der Waals surface area contributed by atoms with Crippen LogP contribution in [0.3, 0.4) is 0 Å². The van der Waals surface area contributed by atoms with Crippen LogP contribution < -0.4 is 5.32 Å². The fourth-order valence-electron chi connectivity index (χ4n) is 5.34. The Balaban J connectivity index is 1.48. The lowest BCUT2D eigenvalue weighted by Crippen LogP contribution is -2.38. The van der Waals surface area contributed by atoms with E-state index in [0.717, 1.165) is 18.9 Å². The molecular weight excluding hydrogens is 540 g/mol. The van der Waals surface area contributed by atoms with E-state index < -0.39 is 29.6 Å². The van der Waals surface area contributed by atoms with Crippen LogP contribution in [0.4, 0.5) is 8.78 Å². The van der Waals surface area contributed by atoms with E-state index in [0.29, 0.717) is 46.3 Å². The number of aliphatic imine (C=N–C) groups is 1. The topological polar surface area (TPSA) is 127 Å². The summed E-state index contributed by atoms with van der Waals surface area (Å²) < 4.78 is 33.8. The van der Waals surface area contributed by atoms with Gasteiger partial charge in [-0.2, -0.15) is 0 Å². The molecule has 2 aliphatic rings. The Morgan fingerprint density at radius 1 is 1.10 bits per heavy atom. The number of esters is 1. The number of ether oxygens (including phenoxy) is 1. The first-order valence-corrected chi connectivity index (χ1v) is 13.7. The Morgan fingerprint density at radius 3 is 2.42 bits per heavy atom. The van der Waals surface area contributed by atoms with E-state index in [-0.39, 0.29) is 29.4 Å². The van der Waals surface area contributed by atoms with Gasteiger partial charge in [0, 0.05) is 35.6 Å². The second kappa shape index (κ2) is 11.6. The Labute approximate surface area is 233 Å². The standard InChI is InChI=1S/C28H27F2N5O4S/c1-14-18(7-8-19(29)22(14)30)24-21(28(38)39-2)23(34-26(35-24)27-31-9-10-40-27)16-3-5-17(6-4-16)25-32-12-15(13-33-25)11-20(36)37/h7-10,12-13,16-17,24H,3-6,11H2,1-2H3,(H,34,35)(H,36,37). The number of benzene rings is 1. The Kier molecular flexibility index (Phi) is 7.97. The number of carboxylic acid groups (broad SMARTS) is 1. The van der Waals surface area contributed by atoms with E-state index >= 15 is 0 Å². The van der Waals surface area contributed by atoms with Crippen LogP contribution in [0.1, 0.15) is 65.2 Å². The SMILES string of the molecule is COC(=O)C1=C(C2CCC(c3ncc(CC(=O)O)cn3)CC2)NC(c2nccs2)=NC1c1ccc(F)c(F)c1C. The maximum absolute atomic E-state index is 14.6. The van der Waals surface area contributed by atoms with E-state index in [9.17, 15) is 18.4 Å². The molecule has 0 bridgehead atoms. The van der Waals surface area contributed by atoms with Crippen LogP contribution in [-0.2, 0) is 20.7 Å². The number of rotatable bonds is 7. The number of carboxylic acids is 1. The molecule has 1 fully saturated rings. The average Bonchev–Trinajstić information content (AvgIpc) is 3.51. The molecule has 208 valence electrons. The summed E-state index contributed by atoms with van der Waals surface area (Å²) in [6.07, 6.45) is 7.48. The maximum Gasteiger partial charge on any atom is 0.338 e. The Hall–Kier alpha value is -4.06. The van der Waals surface area contributed by atoms with Crippen molar-refractivity contribution in [2.24, 2.45) is 10.9 Å². The van der Waals surface area contributed by atoms with Gasteiger partial charge in [-0.25, -0.2) is 28.5 Å². The molecule has 1 unspecified atom stereocenters. The summed E-state index contributed by atoms with van der Waals surface area (Å²) in [7, 11) is 1.28. The Morgan fingerprint density at radius 2 is 1.80 bits per heavy atom. The molecule has 0 saturated heterocycles. The molecule has 5 rings (SSSR count). The first-order chi connectivity index (χ1) is 19.3. The number of allylic oxidation sites excluding steroid dienone is 1. The highest BCUT2D eigenvalue weighted by Gasteiger charge is 2.38. The minimum absolute atomic E-state index is 0.0714. The number of hydrogen-bond donors (Lipinski definition) is 2. The molecule has 12 heteroatoms. The van der Waals surface area contributed by atoms with Crippen LogP contribution in [0.25, 0.3) is 0 Å². The highest BCUT2D eigenvalue weighted by Crippen LogP contribution is 2.43. The molecule has 2 N–H and O–H groups in total. The zero-order valence-electron chi connectivity index (χ0n) is 21.9. The van der Waals surface area contributed by atoms with Crippen LogP contribution in [0.2, 0.25) is 0 Å². The molecule has 9 nitrogen and oxygen atoms in total. The van der Waals surface area contributed by atoms with E-state index in [4.69, 9.17) is 14.8 Å². The molecule has 3 aromatic rings. The lowest BCUT2D eigenvalue weighted by Gasteiger charge is -2.35. The number of nitrogens with one attached hydrogen (secondary N) is 1. The molecule has 1 aliphatic carbocycles. The Bertz CT molecular complexity index is 1480. The van der Waals surface area contributed by atoms with E-state index in [2.05, 4.69) is 20.3 Å². The van der Waals surface area contributed by atoms with Crippen LogP contribution in [0.15, 0.2) is 52.4 Å². The number of halogens is 2. The molecule has 3 heterocycles. The van der Waals surface area contributed by atoms with Crippen molar-refractivity contribution in [3.8, 4) is 0 Å². The van der Waals surface area contributed by atoms with E-state index in [1.807, 2.05) is 5.38 Å². The summed E-state index contributed by atoms with van der Waals surface area (Å²) in [4.78, 5) is 42.1. The number of amidine groups is 1. The summed E-state index contributed by atoms with van der Waals surface area (Å²) in [6, 6.07) is 1.58. The van der Waals surface area contributed by atoms with Gasteiger partial charge in [-0.3, -0.25) is 9.79 Å². The first-order valence-electron chi connectivity index (χ1n) is 12.8. The minimum Gasteiger partial charge on any atom is -0.481 e. The second-order valence-corrected chi connectivity index (χ2v) is 10.7. The van der Waals surface area contributed by atoms with Crippen molar-refractivity contribution in [1.29, 1.82) is 0 Å². The van der Waals surface area contributed by atoms with E-state index in [1.165, 1.54) is 31.4 Å². The van der Waals surface area contributed by atoms with Gasteiger partial charge >= 0.3 is 11.9 Å². The van der Waals surface area contributed by atoms with Gasteiger partial charge in [0.1, 0.15) is 11.9 Å². The summed E-state index contributed by atoms with van der Waals surface area (Å²) in [5.41, 5.74) is 1.88. The number of methoxy groups -OCH3 is 1.